The Balaban J connectivity index is 1.84. The quantitative estimate of drug-likeness (QED) is 0.823. The monoisotopic (exact) mass is 207 g/mol. The lowest BCUT2D eigenvalue weighted by Gasteiger charge is -2.29. The zero-order valence-corrected chi connectivity index (χ0v) is 9.75. The van der Waals surface area contributed by atoms with Crippen LogP contribution in [0.3, 0.4) is 0 Å². The van der Waals surface area contributed by atoms with Crippen molar-refractivity contribution in [1.82, 2.24) is 5.32 Å². The Labute approximate surface area is 92.1 Å². The molecular weight excluding hydrogens is 186 g/mol. The maximum atomic E-state index is 5.43. The lowest BCUT2D eigenvalue weighted by Crippen LogP contribution is -2.36. The number of furan rings is 1. The van der Waals surface area contributed by atoms with Crippen molar-refractivity contribution in [2.75, 3.05) is 0 Å². The second-order valence-corrected chi connectivity index (χ2v) is 4.78. The average Bonchev–Trinajstić information content (AvgIpc) is 2.63. The van der Waals surface area contributed by atoms with E-state index in [1.54, 1.807) is 6.26 Å². The van der Waals surface area contributed by atoms with E-state index in [1.807, 2.05) is 6.07 Å². The Morgan fingerprint density at radius 1 is 1.40 bits per heavy atom. The van der Waals surface area contributed by atoms with Gasteiger partial charge in [-0.25, -0.2) is 0 Å². The van der Waals surface area contributed by atoms with Crippen molar-refractivity contribution in [2.24, 2.45) is 5.92 Å². The summed E-state index contributed by atoms with van der Waals surface area (Å²) in [6, 6.07) is 2.71. The molecule has 0 aromatic carbocycles. The molecule has 0 saturated heterocycles. The van der Waals surface area contributed by atoms with Gasteiger partial charge in [-0.05, 0) is 37.3 Å². The number of hydrogen-bond acceptors (Lipinski definition) is 2. The minimum Gasteiger partial charge on any atom is -0.468 e. The molecule has 1 heterocycles. The van der Waals surface area contributed by atoms with Crippen LogP contribution in [0.1, 0.15) is 43.9 Å². The maximum absolute atomic E-state index is 5.43. The van der Waals surface area contributed by atoms with E-state index in [-0.39, 0.29) is 0 Å². The van der Waals surface area contributed by atoms with Crippen LogP contribution in [0.2, 0.25) is 0 Å². The Bertz CT molecular complexity index is 305. The predicted octanol–water partition coefficient (Wildman–Crippen LogP) is 3.26. The third-order valence-electron chi connectivity index (χ3n) is 3.60. The molecule has 1 aromatic rings. The normalized spacial score (nSPS) is 26.8. The molecule has 2 rings (SSSR count). The predicted molar refractivity (Wildman–Crippen MR) is 61.7 cm³/mol. The van der Waals surface area contributed by atoms with Gasteiger partial charge in [-0.2, -0.15) is 0 Å². The molecule has 0 spiro atoms. The van der Waals surface area contributed by atoms with Crippen molar-refractivity contribution in [3.8, 4) is 0 Å². The lowest BCUT2D eigenvalue weighted by molar-refractivity contribution is 0.272. The molecule has 2 heteroatoms. The number of hydrogen-bond donors (Lipinski definition) is 1. The Kier molecular flexibility index (Phi) is 3.47. The van der Waals surface area contributed by atoms with Crippen molar-refractivity contribution in [2.45, 2.75) is 52.1 Å². The number of nitrogens with one attached hydrogen (secondary N) is 1. The molecule has 0 amide bonds. The highest BCUT2D eigenvalue weighted by Gasteiger charge is 2.20. The summed E-state index contributed by atoms with van der Waals surface area (Å²) in [5, 5.41) is 3.62. The summed E-state index contributed by atoms with van der Waals surface area (Å²) in [4.78, 5) is 0. The SMILES string of the molecule is Cc1ccoc1CNC1CCCCC1C. The fraction of sp³-hybridized carbons (Fsp3) is 0.692. The van der Waals surface area contributed by atoms with Crippen LogP contribution in [0.15, 0.2) is 16.7 Å². The second kappa shape index (κ2) is 4.84. The summed E-state index contributed by atoms with van der Waals surface area (Å²) in [5.74, 6) is 1.90. The molecule has 84 valence electrons. The molecule has 1 aliphatic carbocycles. The standard InChI is InChI=1S/C13H21NO/c1-10-5-3-4-6-12(10)14-9-13-11(2)7-8-15-13/h7-8,10,12,14H,3-6,9H2,1-2H3. The van der Waals surface area contributed by atoms with Crippen molar-refractivity contribution in [3.63, 3.8) is 0 Å². The van der Waals surface area contributed by atoms with Crippen LogP contribution in [0.5, 0.6) is 0 Å². The first-order valence-electron chi connectivity index (χ1n) is 6.03. The molecule has 2 unspecified atom stereocenters. The van der Waals surface area contributed by atoms with Gasteiger partial charge < -0.3 is 9.73 Å². The summed E-state index contributed by atoms with van der Waals surface area (Å²) in [5.41, 5.74) is 1.26. The lowest BCUT2D eigenvalue weighted by atomic mass is 9.86. The highest BCUT2D eigenvalue weighted by molar-refractivity contribution is 5.14. The van der Waals surface area contributed by atoms with Crippen LogP contribution in [0, 0.1) is 12.8 Å². The van der Waals surface area contributed by atoms with Gasteiger partial charge in [0.25, 0.3) is 0 Å². The minimum absolute atomic E-state index is 0.684. The minimum atomic E-state index is 0.684. The van der Waals surface area contributed by atoms with Crippen LogP contribution < -0.4 is 5.32 Å². The molecule has 0 bridgehead atoms. The summed E-state index contributed by atoms with van der Waals surface area (Å²) in [6.45, 7) is 5.34. The molecular formula is C13H21NO. The van der Waals surface area contributed by atoms with Gasteiger partial charge in [-0.3, -0.25) is 0 Å². The van der Waals surface area contributed by atoms with Crippen LogP contribution in [-0.2, 0) is 6.54 Å². The largest absolute Gasteiger partial charge is 0.468 e. The van der Waals surface area contributed by atoms with Gasteiger partial charge in [-0.1, -0.05) is 19.8 Å². The molecule has 0 radical (unpaired) electrons. The van der Waals surface area contributed by atoms with Crippen LogP contribution in [0.4, 0.5) is 0 Å². The molecule has 15 heavy (non-hydrogen) atoms. The molecule has 1 N–H and O–H groups in total. The van der Waals surface area contributed by atoms with Crippen molar-refractivity contribution >= 4 is 0 Å². The zero-order valence-electron chi connectivity index (χ0n) is 9.75. The van der Waals surface area contributed by atoms with Gasteiger partial charge in [-0.15, -0.1) is 0 Å². The van der Waals surface area contributed by atoms with Crippen LogP contribution in [0.25, 0.3) is 0 Å². The molecule has 1 aliphatic rings. The first kappa shape index (κ1) is 10.7. The van der Waals surface area contributed by atoms with Crippen molar-refractivity contribution in [1.29, 1.82) is 0 Å². The van der Waals surface area contributed by atoms with Gasteiger partial charge in [0.05, 0.1) is 12.8 Å². The molecule has 2 atom stereocenters. The highest BCUT2D eigenvalue weighted by Crippen LogP contribution is 2.24. The summed E-state index contributed by atoms with van der Waals surface area (Å²) in [7, 11) is 0. The van der Waals surface area contributed by atoms with E-state index in [2.05, 4.69) is 19.2 Å². The summed E-state index contributed by atoms with van der Waals surface area (Å²) < 4.78 is 5.43. The summed E-state index contributed by atoms with van der Waals surface area (Å²) >= 11 is 0. The third-order valence-corrected chi connectivity index (χ3v) is 3.60. The van der Waals surface area contributed by atoms with Crippen LogP contribution in [-0.4, -0.2) is 6.04 Å². The van der Waals surface area contributed by atoms with Gasteiger partial charge in [0.15, 0.2) is 0 Å². The Morgan fingerprint density at radius 2 is 2.20 bits per heavy atom. The van der Waals surface area contributed by atoms with E-state index in [9.17, 15) is 0 Å². The second-order valence-electron chi connectivity index (χ2n) is 4.78. The fourth-order valence-electron chi connectivity index (χ4n) is 2.43. The van der Waals surface area contributed by atoms with E-state index in [0.717, 1.165) is 18.2 Å². The van der Waals surface area contributed by atoms with E-state index in [0.29, 0.717) is 6.04 Å². The Morgan fingerprint density at radius 3 is 2.87 bits per heavy atom. The van der Waals surface area contributed by atoms with Gasteiger partial charge in [0.2, 0.25) is 0 Å². The highest BCUT2D eigenvalue weighted by atomic mass is 16.3. The van der Waals surface area contributed by atoms with Gasteiger partial charge in [0.1, 0.15) is 5.76 Å². The smallest absolute Gasteiger partial charge is 0.120 e. The molecule has 0 aliphatic heterocycles. The third kappa shape index (κ3) is 2.63. The molecule has 1 fully saturated rings. The van der Waals surface area contributed by atoms with Crippen molar-refractivity contribution in [3.05, 3.63) is 23.7 Å². The molecule has 2 nitrogen and oxygen atoms in total. The topological polar surface area (TPSA) is 25.2 Å². The first-order valence-corrected chi connectivity index (χ1v) is 6.03. The van der Waals surface area contributed by atoms with Gasteiger partial charge >= 0.3 is 0 Å². The molecule has 1 aromatic heterocycles. The maximum Gasteiger partial charge on any atom is 0.120 e. The van der Waals surface area contributed by atoms with E-state index < -0.39 is 0 Å². The average molecular weight is 207 g/mol. The number of rotatable bonds is 3. The molecule has 1 saturated carbocycles. The van der Waals surface area contributed by atoms with Crippen LogP contribution >= 0.6 is 0 Å². The van der Waals surface area contributed by atoms with E-state index in [4.69, 9.17) is 4.42 Å². The van der Waals surface area contributed by atoms with Crippen molar-refractivity contribution < 1.29 is 4.42 Å². The summed E-state index contributed by atoms with van der Waals surface area (Å²) in [6.07, 6.45) is 7.24. The zero-order chi connectivity index (χ0) is 10.7. The Hall–Kier alpha value is -0.760. The van der Waals surface area contributed by atoms with E-state index >= 15 is 0 Å². The fourth-order valence-corrected chi connectivity index (χ4v) is 2.43. The number of aryl methyl sites for hydroxylation is 1. The van der Waals surface area contributed by atoms with E-state index in [1.165, 1.54) is 31.2 Å². The van der Waals surface area contributed by atoms with Gasteiger partial charge in [0, 0.05) is 6.04 Å². The first-order chi connectivity index (χ1) is 7.27.